The zero-order chi connectivity index (χ0) is 10.7. The van der Waals surface area contributed by atoms with E-state index in [1.807, 2.05) is 0 Å². The summed E-state index contributed by atoms with van der Waals surface area (Å²) in [5.74, 6) is 0. The first-order valence-electron chi connectivity index (χ1n) is 3.54. The second kappa shape index (κ2) is 16.8. The van der Waals surface area contributed by atoms with Crippen LogP contribution in [-0.4, -0.2) is 35.6 Å². The number of epoxide rings is 1. The maximum absolute atomic E-state index is 8.30. The second-order valence-electron chi connectivity index (χ2n) is 2.09. The smallest absolute Gasteiger partial charge is 0.0988 e. The Bertz CT molecular complexity index is 132. The third-order valence-electron chi connectivity index (χ3n) is 1.08. The average Bonchev–Trinajstić information content (AvgIpc) is 3.03. The van der Waals surface area contributed by atoms with E-state index in [-0.39, 0.29) is 25.2 Å². The van der Waals surface area contributed by atoms with Crippen LogP contribution in [0, 0.1) is 0 Å². The first-order chi connectivity index (χ1) is 6.24. The standard InChI is InChI=1S/C4H8O2.C4H6O.I2.V/c1-2-4(6)3-5;1-2-4-3-5-4;1-2;/h2,4-6H,1,3H2;2,4H,1,3H2;;. The molecule has 0 spiro atoms. The molecular weight excluding hydrogens is 449 g/mol. The molecule has 1 radical (unpaired) electrons. The van der Waals surface area contributed by atoms with E-state index in [1.165, 1.54) is 6.08 Å². The van der Waals surface area contributed by atoms with Crippen molar-refractivity contribution in [2.45, 2.75) is 12.2 Å². The summed E-state index contributed by atoms with van der Waals surface area (Å²) in [6.07, 6.45) is 2.74. The zero-order valence-electron chi connectivity index (χ0n) is 7.64. The number of halogens is 2. The Morgan fingerprint density at radius 1 is 1.50 bits per heavy atom. The third-order valence-corrected chi connectivity index (χ3v) is 1.08. The van der Waals surface area contributed by atoms with Crippen LogP contribution >= 0.6 is 37.2 Å². The molecule has 1 saturated heterocycles. The van der Waals surface area contributed by atoms with Gasteiger partial charge < -0.3 is 14.9 Å². The summed E-state index contributed by atoms with van der Waals surface area (Å²) in [6.45, 7) is 7.38. The molecule has 2 unspecified atom stereocenters. The van der Waals surface area contributed by atoms with Gasteiger partial charge in [0.1, 0.15) is 0 Å². The van der Waals surface area contributed by atoms with E-state index in [2.05, 4.69) is 50.4 Å². The van der Waals surface area contributed by atoms with Gasteiger partial charge in [-0.05, 0) is 0 Å². The van der Waals surface area contributed by atoms with Gasteiger partial charge in [0.25, 0.3) is 0 Å². The molecule has 1 aliphatic rings. The molecule has 2 atom stereocenters. The van der Waals surface area contributed by atoms with Crippen molar-refractivity contribution in [3.8, 4) is 0 Å². The predicted molar refractivity (Wildman–Crippen MR) is 71.3 cm³/mol. The largest absolute Gasteiger partial charge is 0.393 e. The molecule has 14 heavy (non-hydrogen) atoms. The van der Waals surface area contributed by atoms with E-state index in [0.29, 0.717) is 6.10 Å². The molecule has 0 bridgehead atoms. The minimum atomic E-state index is -0.745. The third kappa shape index (κ3) is 19.1. The molecule has 1 fully saturated rings. The number of ether oxygens (including phenoxy) is 1. The molecule has 1 heterocycles. The first-order valence-corrected chi connectivity index (χ1v) is 9.83. The summed E-state index contributed by atoms with van der Waals surface area (Å²) in [4.78, 5) is 0. The molecule has 0 aromatic rings. The van der Waals surface area contributed by atoms with E-state index in [9.17, 15) is 0 Å². The summed E-state index contributed by atoms with van der Waals surface area (Å²) < 4.78 is 4.74. The molecule has 0 saturated carbocycles. The van der Waals surface area contributed by atoms with Crippen molar-refractivity contribution in [1.82, 2.24) is 0 Å². The average molecular weight is 463 g/mol. The van der Waals surface area contributed by atoms with Gasteiger partial charge in [0.15, 0.2) is 0 Å². The number of aliphatic hydroxyl groups excluding tert-OH is 2. The van der Waals surface area contributed by atoms with Crippen LogP contribution in [0.5, 0.6) is 0 Å². The Morgan fingerprint density at radius 3 is 1.93 bits per heavy atom. The van der Waals surface area contributed by atoms with Crippen LogP contribution in [0.1, 0.15) is 0 Å². The van der Waals surface area contributed by atoms with Crippen LogP contribution in [-0.2, 0) is 23.3 Å². The molecule has 2 N–H and O–H groups in total. The minimum absolute atomic E-state index is 0. The van der Waals surface area contributed by atoms with Gasteiger partial charge in [-0.2, -0.15) is 0 Å². The molecule has 0 aliphatic carbocycles. The van der Waals surface area contributed by atoms with Crippen LogP contribution < -0.4 is 0 Å². The molecule has 83 valence electrons. The van der Waals surface area contributed by atoms with E-state index in [1.54, 1.807) is 6.08 Å². The van der Waals surface area contributed by atoms with Crippen LogP contribution in [0.4, 0.5) is 0 Å². The van der Waals surface area contributed by atoms with Crippen LogP contribution in [0.2, 0.25) is 0 Å². The SMILES string of the molecule is C=CC(O)CO.C=CC1CO1.II.[V]. The van der Waals surface area contributed by atoms with Gasteiger partial charge in [-0.3, -0.25) is 0 Å². The van der Waals surface area contributed by atoms with Crippen LogP contribution in [0.3, 0.4) is 0 Å². The maximum Gasteiger partial charge on any atom is 0.0988 e. The number of hydrogen-bond donors (Lipinski definition) is 2. The van der Waals surface area contributed by atoms with Crippen molar-refractivity contribution in [3.05, 3.63) is 25.3 Å². The van der Waals surface area contributed by atoms with Gasteiger partial charge in [-0.15, -0.1) is 13.2 Å². The van der Waals surface area contributed by atoms with Crippen molar-refractivity contribution in [2.75, 3.05) is 13.2 Å². The summed E-state index contributed by atoms with van der Waals surface area (Å²) in [5, 5.41) is 16.3. The Balaban J connectivity index is -0.000000139. The van der Waals surface area contributed by atoms with Crippen molar-refractivity contribution in [3.63, 3.8) is 0 Å². The Labute approximate surface area is 120 Å². The molecule has 1 rings (SSSR count). The summed E-state index contributed by atoms with van der Waals surface area (Å²) in [6, 6.07) is 0. The van der Waals surface area contributed by atoms with E-state index >= 15 is 0 Å². The van der Waals surface area contributed by atoms with Crippen molar-refractivity contribution < 1.29 is 33.5 Å². The van der Waals surface area contributed by atoms with Gasteiger partial charge in [0.2, 0.25) is 0 Å². The summed E-state index contributed by atoms with van der Waals surface area (Å²) in [7, 11) is 0. The topological polar surface area (TPSA) is 53.0 Å². The zero-order valence-corrected chi connectivity index (χ0v) is 13.4. The molecular formula is C8H14I2O3V. The number of rotatable bonds is 3. The van der Waals surface area contributed by atoms with Gasteiger partial charge in [0.05, 0.1) is 25.4 Å². The van der Waals surface area contributed by atoms with Crippen LogP contribution in [0.25, 0.3) is 0 Å². The van der Waals surface area contributed by atoms with Gasteiger partial charge in [-0.1, -0.05) is 12.2 Å². The fourth-order valence-corrected chi connectivity index (χ4v) is 0.266. The van der Waals surface area contributed by atoms with Crippen molar-refractivity contribution in [2.24, 2.45) is 0 Å². The first kappa shape index (κ1) is 20.8. The molecule has 1 aliphatic heterocycles. The Kier molecular flexibility index (Phi) is 25.0. The second-order valence-corrected chi connectivity index (χ2v) is 2.09. The fraction of sp³-hybridized carbons (Fsp3) is 0.500. The maximum atomic E-state index is 8.30. The monoisotopic (exact) mass is 463 g/mol. The molecule has 0 aromatic heterocycles. The van der Waals surface area contributed by atoms with E-state index in [0.717, 1.165) is 6.61 Å². The van der Waals surface area contributed by atoms with Crippen molar-refractivity contribution >= 4 is 37.2 Å². The van der Waals surface area contributed by atoms with Gasteiger partial charge in [0, 0.05) is 55.8 Å². The van der Waals surface area contributed by atoms with Crippen LogP contribution in [0.15, 0.2) is 25.3 Å². The van der Waals surface area contributed by atoms with E-state index in [4.69, 9.17) is 14.9 Å². The summed E-state index contributed by atoms with van der Waals surface area (Å²) in [5.41, 5.74) is 0. The molecule has 0 aromatic carbocycles. The van der Waals surface area contributed by atoms with Gasteiger partial charge >= 0.3 is 0 Å². The quantitative estimate of drug-likeness (QED) is 0.382. The Morgan fingerprint density at radius 2 is 1.93 bits per heavy atom. The molecule has 3 nitrogen and oxygen atoms in total. The van der Waals surface area contributed by atoms with Crippen molar-refractivity contribution in [1.29, 1.82) is 0 Å². The van der Waals surface area contributed by atoms with E-state index < -0.39 is 6.10 Å². The number of aliphatic hydroxyl groups is 2. The normalized spacial score (nSPS) is 18.1. The Hall–Kier alpha value is 1.40. The summed E-state index contributed by atoms with van der Waals surface area (Å²) >= 11 is 4.24. The van der Waals surface area contributed by atoms with Gasteiger partial charge in [-0.25, -0.2) is 0 Å². The number of hydrogen-bond acceptors (Lipinski definition) is 3. The molecule has 0 amide bonds. The molecule has 6 heteroatoms. The predicted octanol–water partition coefficient (Wildman–Crippen LogP) is 1.87. The fourth-order valence-electron chi connectivity index (χ4n) is 0.266. The minimum Gasteiger partial charge on any atom is -0.393 e.